The normalized spacial score (nSPS) is 13.8. The van der Waals surface area contributed by atoms with E-state index in [2.05, 4.69) is 20.5 Å². The number of rotatable bonds is 3. The Labute approximate surface area is 163 Å². The summed E-state index contributed by atoms with van der Waals surface area (Å²) < 4.78 is 14.7. The van der Waals surface area contributed by atoms with E-state index in [1.54, 1.807) is 6.07 Å². The molecule has 0 bridgehead atoms. The molecule has 6 heteroatoms. The first kappa shape index (κ1) is 18.2. The lowest BCUT2D eigenvalue weighted by Gasteiger charge is -2.17. The third kappa shape index (κ3) is 3.76. The van der Waals surface area contributed by atoms with Gasteiger partial charge in [0.15, 0.2) is 5.82 Å². The van der Waals surface area contributed by atoms with Crippen molar-refractivity contribution in [2.75, 3.05) is 28.6 Å². The number of fused-ring (bicyclic) bond motifs is 1. The highest BCUT2D eigenvalue weighted by Crippen LogP contribution is 2.26. The molecule has 2 amide bonds. The van der Waals surface area contributed by atoms with Crippen LogP contribution in [0.2, 0.25) is 0 Å². The van der Waals surface area contributed by atoms with Gasteiger partial charge in [-0.05, 0) is 68.1 Å². The number of urea groups is 1. The van der Waals surface area contributed by atoms with Crippen LogP contribution in [-0.2, 0) is 0 Å². The van der Waals surface area contributed by atoms with Gasteiger partial charge >= 0.3 is 6.03 Å². The number of pyridine rings is 1. The molecule has 0 atom stereocenters. The van der Waals surface area contributed by atoms with Crippen molar-refractivity contribution in [1.82, 2.24) is 4.98 Å². The zero-order valence-corrected chi connectivity index (χ0v) is 16.1. The molecule has 1 fully saturated rings. The number of benzene rings is 2. The van der Waals surface area contributed by atoms with Gasteiger partial charge in [0.05, 0.1) is 0 Å². The molecule has 4 rings (SSSR count). The Bertz CT molecular complexity index is 1040. The maximum Gasteiger partial charge on any atom is 0.323 e. The fourth-order valence-corrected chi connectivity index (χ4v) is 3.53. The largest absolute Gasteiger partial charge is 0.357 e. The predicted octanol–water partition coefficient (Wildman–Crippen LogP) is 5.23. The highest BCUT2D eigenvalue weighted by Gasteiger charge is 2.15. The van der Waals surface area contributed by atoms with Crippen LogP contribution in [-0.4, -0.2) is 24.1 Å². The van der Waals surface area contributed by atoms with Gasteiger partial charge in [-0.15, -0.1) is 0 Å². The van der Waals surface area contributed by atoms with Crippen molar-refractivity contribution >= 4 is 34.1 Å². The van der Waals surface area contributed by atoms with Crippen molar-refractivity contribution in [1.29, 1.82) is 0 Å². The minimum Gasteiger partial charge on any atom is -0.357 e. The van der Waals surface area contributed by atoms with E-state index in [4.69, 9.17) is 0 Å². The molecule has 2 aromatic carbocycles. The number of halogens is 1. The second-order valence-corrected chi connectivity index (χ2v) is 7.29. The van der Waals surface area contributed by atoms with E-state index in [0.29, 0.717) is 16.6 Å². The molecule has 5 nitrogen and oxygen atoms in total. The molecule has 2 heterocycles. The van der Waals surface area contributed by atoms with Crippen molar-refractivity contribution < 1.29 is 9.18 Å². The van der Waals surface area contributed by atoms with E-state index in [1.165, 1.54) is 6.07 Å². The highest BCUT2D eigenvalue weighted by atomic mass is 19.1. The average Bonchev–Trinajstić information content (AvgIpc) is 3.19. The minimum atomic E-state index is -0.444. The number of carbonyl (C=O) groups is 1. The van der Waals surface area contributed by atoms with Gasteiger partial charge in [-0.3, -0.25) is 0 Å². The molecule has 2 N–H and O–H groups in total. The molecule has 3 aromatic rings. The van der Waals surface area contributed by atoms with Crippen molar-refractivity contribution in [3.05, 3.63) is 59.4 Å². The third-order valence-corrected chi connectivity index (χ3v) is 5.06. The number of amides is 2. The smallest absolute Gasteiger partial charge is 0.323 e. The molecule has 0 radical (unpaired) electrons. The summed E-state index contributed by atoms with van der Waals surface area (Å²) >= 11 is 0. The molecular weight excluding hydrogens is 355 g/mol. The molecule has 28 heavy (non-hydrogen) atoms. The fraction of sp³-hybridized carbons (Fsp3) is 0.273. The molecule has 1 aliphatic rings. The van der Waals surface area contributed by atoms with Crippen LogP contribution in [0.3, 0.4) is 0 Å². The number of aryl methyl sites for hydroxylation is 2. The Morgan fingerprint density at radius 2 is 1.82 bits per heavy atom. The molecule has 0 saturated carbocycles. The lowest BCUT2D eigenvalue weighted by atomic mass is 10.1. The van der Waals surface area contributed by atoms with Crippen LogP contribution >= 0.6 is 0 Å². The van der Waals surface area contributed by atoms with Gasteiger partial charge in [-0.1, -0.05) is 12.1 Å². The van der Waals surface area contributed by atoms with Gasteiger partial charge in [0.2, 0.25) is 0 Å². The van der Waals surface area contributed by atoms with Crippen molar-refractivity contribution in [2.45, 2.75) is 26.7 Å². The molecule has 0 spiro atoms. The number of carbonyl (C=O) groups excluding carboxylic acids is 1. The van der Waals surface area contributed by atoms with Gasteiger partial charge < -0.3 is 15.5 Å². The molecule has 1 aliphatic heterocycles. The summed E-state index contributed by atoms with van der Waals surface area (Å²) in [5.74, 6) is 0.359. The Kier molecular flexibility index (Phi) is 4.86. The second-order valence-electron chi connectivity index (χ2n) is 7.29. The minimum absolute atomic E-state index is 0.324. The van der Waals surface area contributed by atoms with Gasteiger partial charge in [0.25, 0.3) is 0 Å². The SMILES string of the molecule is Cc1ccc(C)c(NC(=O)Nc2cc(F)c3nc(N4CCCC4)ccc3c2)c1. The van der Waals surface area contributed by atoms with Crippen molar-refractivity contribution in [2.24, 2.45) is 0 Å². The molecule has 144 valence electrons. The fourth-order valence-electron chi connectivity index (χ4n) is 3.53. The lowest BCUT2D eigenvalue weighted by Crippen LogP contribution is -2.20. The second kappa shape index (κ2) is 7.46. The van der Waals surface area contributed by atoms with E-state index in [0.717, 1.165) is 48.6 Å². The molecule has 0 unspecified atom stereocenters. The first-order valence-corrected chi connectivity index (χ1v) is 9.50. The summed E-state index contributed by atoms with van der Waals surface area (Å²) in [6.07, 6.45) is 2.28. The number of hydrogen-bond donors (Lipinski definition) is 2. The molecule has 1 saturated heterocycles. The van der Waals surface area contributed by atoms with Crippen LogP contribution in [0.4, 0.5) is 26.4 Å². The van der Waals surface area contributed by atoms with Crippen molar-refractivity contribution in [3.8, 4) is 0 Å². The molecular formula is C22H23FN4O. The van der Waals surface area contributed by atoms with Crippen LogP contribution in [0, 0.1) is 19.7 Å². The average molecular weight is 378 g/mol. The Hall–Kier alpha value is -3.15. The number of anilines is 3. The predicted molar refractivity (Wildman–Crippen MR) is 112 cm³/mol. The van der Waals surface area contributed by atoms with Crippen LogP contribution in [0.5, 0.6) is 0 Å². The number of nitrogens with zero attached hydrogens (tertiary/aromatic N) is 2. The summed E-state index contributed by atoms with van der Waals surface area (Å²) in [4.78, 5) is 19.0. The first-order valence-electron chi connectivity index (χ1n) is 9.50. The summed E-state index contributed by atoms with van der Waals surface area (Å²) in [6, 6.07) is 12.2. The maximum atomic E-state index is 14.7. The Morgan fingerprint density at radius 3 is 2.61 bits per heavy atom. The topological polar surface area (TPSA) is 57.3 Å². The Morgan fingerprint density at radius 1 is 1.04 bits per heavy atom. The van der Waals surface area contributed by atoms with E-state index >= 15 is 0 Å². The van der Waals surface area contributed by atoms with Crippen LogP contribution < -0.4 is 15.5 Å². The lowest BCUT2D eigenvalue weighted by molar-refractivity contribution is 0.262. The van der Waals surface area contributed by atoms with Gasteiger partial charge in [0, 0.05) is 29.9 Å². The zero-order chi connectivity index (χ0) is 19.7. The first-order chi connectivity index (χ1) is 13.5. The van der Waals surface area contributed by atoms with Crippen LogP contribution in [0.1, 0.15) is 24.0 Å². The molecule has 1 aromatic heterocycles. The summed E-state index contributed by atoms with van der Waals surface area (Å²) in [6.45, 7) is 5.80. The third-order valence-electron chi connectivity index (χ3n) is 5.06. The monoisotopic (exact) mass is 378 g/mol. The summed E-state index contributed by atoms with van der Waals surface area (Å²) in [5, 5.41) is 6.19. The van der Waals surface area contributed by atoms with E-state index in [-0.39, 0.29) is 0 Å². The van der Waals surface area contributed by atoms with Crippen molar-refractivity contribution in [3.63, 3.8) is 0 Å². The summed E-state index contributed by atoms with van der Waals surface area (Å²) in [7, 11) is 0. The van der Waals surface area contributed by atoms with Gasteiger partial charge in [0.1, 0.15) is 11.3 Å². The zero-order valence-electron chi connectivity index (χ0n) is 16.1. The van der Waals surface area contributed by atoms with Crippen LogP contribution in [0.15, 0.2) is 42.5 Å². The standard InChI is InChI=1S/C22H23FN4O/c1-14-5-6-15(2)19(11-14)25-22(28)24-17-12-16-7-8-20(27-9-3-4-10-27)26-21(16)18(23)13-17/h5-8,11-13H,3-4,9-10H2,1-2H3,(H2,24,25,28). The number of nitrogens with one attached hydrogen (secondary N) is 2. The number of hydrogen-bond acceptors (Lipinski definition) is 3. The van der Waals surface area contributed by atoms with E-state index in [1.807, 2.05) is 44.2 Å². The van der Waals surface area contributed by atoms with Crippen LogP contribution in [0.25, 0.3) is 10.9 Å². The molecule has 0 aliphatic carbocycles. The van der Waals surface area contributed by atoms with Gasteiger partial charge in [-0.25, -0.2) is 14.2 Å². The number of aromatic nitrogens is 1. The Balaban J connectivity index is 1.54. The van der Waals surface area contributed by atoms with Gasteiger partial charge in [-0.2, -0.15) is 0 Å². The summed E-state index contributed by atoms with van der Waals surface area (Å²) in [5.41, 5.74) is 3.46. The highest BCUT2D eigenvalue weighted by molar-refractivity contribution is 6.01. The quantitative estimate of drug-likeness (QED) is 0.656. The maximum absolute atomic E-state index is 14.7. The van der Waals surface area contributed by atoms with E-state index < -0.39 is 11.8 Å². The van der Waals surface area contributed by atoms with E-state index in [9.17, 15) is 9.18 Å².